The Morgan fingerprint density at radius 1 is 0.708 bits per heavy atom. The summed E-state index contributed by atoms with van der Waals surface area (Å²) >= 11 is 15.1. The first-order valence-corrected chi connectivity index (χ1v) is 16.4. The van der Waals surface area contributed by atoms with Crippen LogP contribution in [0.25, 0.3) is 0 Å². The Kier molecular flexibility index (Phi) is 7.76. The molecule has 0 spiro atoms. The van der Waals surface area contributed by atoms with Gasteiger partial charge in [0.25, 0.3) is 0 Å². The highest BCUT2D eigenvalue weighted by molar-refractivity contribution is 6.36. The van der Waals surface area contributed by atoms with Crippen molar-refractivity contribution >= 4 is 58.4 Å². The van der Waals surface area contributed by atoms with E-state index in [9.17, 15) is 24.0 Å². The molecular weight excluding hydrogens is 651 g/mol. The Labute approximate surface area is 287 Å². The SMILES string of the molecule is CC(C)[C@@H](C(=O)Nc1ccc(C(=O)OCC(=O)c2ccccc2)cc1)N1C(=O)[C@@H]2[C@H](C1=O)C1(Cl)c3ccccc3C2(Cl)c2ccccc21. The molecule has 1 fully saturated rings. The predicted molar refractivity (Wildman–Crippen MR) is 180 cm³/mol. The van der Waals surface area contributed by atoms with Crippen molar-refractivity contribution in [2.75, 3.05) is 11.9 Å². The van der Waals surface area contributed by atoms with Gasteiger partial charge in [0.15, 0.2) is 12.4 Å². The molecule has 4 aliphatic rings. The van der Waals surface area contributed by atoms with E-state index in [1.807, 2.05) is 48.5 Å². The van der Waals surface area contributed by atoms with Gasteiger partial charge in [-0.2, -0.15) is 0 Å². The molecule has 1 aliphatic heterocycles. The number of halogens is 2. The molecule has 0 radical (unpaired) electrons. The van der Waals surface area contributed by atoms with E-state index in [0.29, 0.717) is 33.5 Å². The van der Waals surface area contributed by atoms with Gasteiger partial charge in [0.1, 0.15) is 15.8 Å². The predicted octanol–water partition coefficient (Wildman–Crippen LogP) is 6.28. The standard InChI is InChI=1S/C38H30Cl2N2O6/c1-21(2)32(33(44)41-24-18-16-23(17-19-24)36(47)48-20-29(43)22-10-4-3-5-11-22)42-34(45)30-31(35(42)46)38(40)26-13-7-6-12-25(26)37(30,39)27-14-8-9-15-28(27)38/h3-19,21,30-32H,20H2,1-2H3,(H,41,44)/t30-,31+,32-,37?,38?/m0/s1. The zero-order valence-corrected chi connectivity index (χ0v) is 27.5. The summed E-state index contributed by atoms with van der Waals surface area (Å²) in [6, 6.07) is 28.0. The smallest absolute Gasteiger partial charge is 0.338 e. The second-order valence-corrected chi connectivity index (χ2v) is 13.8. The van der Waals surface area contributed by atoms with Crippen LogP contribution in [0.4, 0.5) is 5.69 Å². The lowest BCUT2D eigenvalue weighted by atomic mass is 9.54. The summed E-state index contributed by atoms with van der Waals surface area (Å²) in [6.07, 6.45) is 0. The number of esters is 1. The molecule has 1 saturated heterocycles. The molecular formula is C38H30Cl2N2O6. The number of nitrogens with one attached hydrogen (secondary N) is 1. The first kappa shape index (κ1) is 31.8. The van der Waals surface area contributed by atoms with Crippen LogP contribution in [0.3, 0.4) is 0 Å². The number of benzene rings is 4. The number of ketones is 1. The fourth-order valence-electron chi connectivity index (χ4n) is 7.51. The lowest BCUT2D eigenvalue weighted by Crippen LogP contribution is -2.57. The summed E-state index contributed by atoms with van der Waals surface area (Å²) in [7, 11) is 0. The largest absolute Gasteiger partial charge is 0.454 e. The molecule has 0 unspecified atom stereocenters. The maximum Gasteiger partial charge on any atom is 0.338 e. The minimum absolute atomic E-state index is 0.178. The van der Waals surface area contributed by atoms with Crippen molar-refractivity contribution in [3.8, 4) is 0 Å². The summed E-state index contributed by atoms with van der Waals surface area (Å²) in [5.41, 5.74) is 3.66. The quantitative estimate of drug-likeness (QED) is 0.102. The third-order valence-electron chi connectivity index (χ3n) is 9.62. The van der Waals surface area contributed by atoms with E-state index in [-0.39, 0.29) is 11.3 Å². The molecule has 0 aromatic heterocycles. The van der Waals surface area contributed by atoms with E-state index < -0.39 is 63.8 Å². The molecule has 4 aromatic rings. The molecule has 10 heteroatoms. The lowest BCUT2D eigenvalue weighted by Gasteiger charge is -2.54. The number of amides is 3. The number of carbonyl (C=O) groups excluding carboxylic acids is 5. The van der Waals surface area contributed by atoms with Crippen LogP contribution in [-0.2, 0) is 28.9 Å². The minimum atomic E-state index is -1.36. The Bertz CT molecular complexity index is 1870. The lowest BCUT2D eigenvalue weighted by molar-refractivity contribution is -0.148. The molecule has 242 valence electrons. The number of nitrogens with zero attached hydrogens (tertiary/aromatic N) is 1. The fourth-order valence-corrected chi connectivity index (χ4v) is 8.61. The first-order chi connectivity index (χ1) is 23.0. The number of carbonyl (C=O) groups is 5. The Morgan fingerprint density at radius 3 is 1.62 bits per heavy atom. The number of ether oxygens (including phenoxy) is 1. The van der Waals surface area contributed by atoms with Crippen molar-refractivity contribution < 1.29 is 28.7 Å². The normalized spacial score (nSPS) is 24.1. The van der Waals surface area contributed by atoms with E-state index in [0.717, 1.165) is 4.90 Å². The Balaban J connectivity index is 1.13. The number of likely N-dealkylation sites (tertiary alicyclic amines) is 1. The monoisotopic (exact) mass is 680 g/mol. The van der Waals surface area contributed by atoms with Crippen LogP contribution >= 0.6 is 23.2 Å². The second kappa shape index (κ2) is 11.7. The Hall–Kier alpha value is -4.79. The van der Waals surface area contributed by atoms with Crippen molar-refractivity contribution in [3.05, 3.63) is 137 Å². The van der Waals surface area contributed by atoms with Gasteiger partial charge in [0.05, 0.1) is 17.4 Å². The van der Waals surface area contributed by atoms with Crippen LogP contribution in [0.1, 0.15) is 56.8 Å². The van der Waals surface area contributed by atoms with Crippen molar-refractivity contribution in [2.24, 2.45) is 17.8 Å². The Morgan fingerprint density at radius 2 is 1.17 bits per heavy atom. The summed E-state index contributed by atoms with van der Waals surface area (Å²) in [5, 5.41) is 2.79. The molecule has 8 rings (SSSR count). The second-order valence-electron chi connectivity index (χ2n) is 12.6. The average molecular weight is 682 g/mol. The minimum Gasteiger partial charge on any atom is -0.454 e. The highest BCUT2D eigenvalue weighted by Crippen LogP contribution is 2.69. The number of anilines is 1. The molecule has 3 amide bonds. The van der Waals surface area contributed by atoms with Gasteiger partial charge in [-0.1, -0.05) is 92.7 Å². The van der Waals surface area contributed by atoms with Crippen molar-refractivity contribution in [1.29, 1.82) is 0 Å². The average Bonchev–Trinajstić information content (AvgIpc) is 3.37. The molecule has 2 bridgehead atoms. The van der Waals surface area contributed by atoms with Crippen molar-refractivity contribution in [2.45, 2.75) is 29.6 Å². The van der Waals surface area contributed by atoms with Crippen LogP contribution < -0.4 is 5.32 Å². The van der Waals surface area contributed by atoms with Crippen LogP contribution in [0.2, 0.25) is 0 Å². The zero-order valence-electron chi connectivity index (χ0n) is 26.0. The van der Waals surface area contributed by atoms with E-state index >= 15 is 0 Å². The third kappa shape index (κ3) is 4.61. The van der Waals surface area contributed by atoms with E-state index in [2.05, 4.69) is 5.32 Å². The first-order valence-electron chi connectivity index (χ1n) is 15.6. The summed E-state index contributed by atoms with van der Waals surface area (Å²) < 4.78 is 5.18. The number of rotatable bonds is 8. The molecule has 8 nitrogen and oxygen atoms in total. The van der Waals surface area contributed by atoms with E-state index in [1.54, 1.807) is 44.2 Å². The number of hydrogen-bond acceptors (Lipinski definition) is 6. The van der Waals surface area contributed by atoms with Gasteiger partial charge in [-0.15, -0.1) is 23.2 Å². The molecule has 1 heterocycles. The molecule has 1 N–H and O–H groups in total. The van der Waals surface area contributed by atoms with Gasteiger partial charge >= 0.3 is 5.97 Å². The van der Waals surface area contributed by atoms with Crippen LogP contribution in [0.15, 0.2) is 103 Å². The molecule has 48 heavy (non-hydrogen) atoms. The van der Waals surface area contributed by atoms with Gasteiger partial charge in [-0.3, -0.25) is 24.1 Å². The zero-order chi connectivity index (χ0) is 34.0. The van der Waals surface area contributed by atoms with Gasteiger partial charge in [0.2, 0.25) is 17.7 Å². The number of hydrogen-bond donors (Lipinski definition) is 1. The maximum atomic E-state index is 14.4. The summed E-state index contributed by atoms with van der Waals surface area (Å²) in [4.78, 5) is 66.0. The van der Waals surface area contributed by atoms with Gasteiger partial charge < -0.3 is 10.1 Å². The van der Waals surface area contributed by atoms with Crippen molar-refractivity contribution in [1.82, 2.24) is 4.90 Å². The van der Waals surface area contributed by atoms with Gasteiger partial charge in [-0.25, -0.2) is 4.79 Å². The molecule has 4 aromatic carbocycles. The molecule has 3 aliphatic carbocycles. The topological polar surface area (TPSA) is 110 Å². The number of alkyl halides is 2. The van der Waals surface area contributed by atoms with Crippen molar-refractivity contribution in [3.63, 3.8) is 0 Å². The van der Waals surface area contributed by atoms with E-state index in [1.165, 1.54) is 24.3 Å². The highest BCUT2D eigenvalue weighted by Gasteiger charge is 2.73. The summed E-state index contributed by atoms with van der Waals surface area (Å²) in [6.45, 7) is 3.10. The highest BCUT2D eigenvalue weighted by atomic mass is 35.5. The number of Topliss-reactive ketones (excluding diaryl/α,β-unsaturated/α-hetero) is 1. The van der Waals surface area contributed by atoms with Gasteiger partial charge in [-0.05, 0) is 52.4 Å². The van der Waals surface area contributed by atoms with Crippen LogP contribution in [0, 0.1) is 17.8 Å². The van der Waals surface area contributed by atoms with E-state index in [4.69, 9.17) is 27.9 Å². The van der Waals surface area contributed by atoms with Gasteiger partial charge in [0, 0.05) is 11.3 Å². The summed E-state index contributed by atoms with van der Waals surface area (Å²) in [5.74, 6) is -5.23. The fraction of sp³-hybridized carbons (Fsp3) is 0.237. The third-order valence-corrected chi connectivity index (χ3v) is 10.9. The van der Waals surface area contributed by atoms with Crippen LogP contribution in [0.5, 0.6) is 0 Å². The molecule has 0 saturated carbocycles. The number of imide groups is 1. The maximum absolute atomic E-state index is 14.4. The molecule has 3 atom stereocenters. The van der Waals surface area contributed by atoms with Crippen LogP contribution in [-0.4, -0.2) is 47.0 Å².